The molecule has 0 amide bonds. The number of benzene rings is 2. The molecular weight excluding hydrogens is 269 g/mol. The van der Waals surface area contributed by atoms with Crippen molar-refractivity contribution in [3.05, 3.63) is 65.0 Å². The molecular formula is C17H20FNO2. The average Bonchev–Trinajstić information content (AvgIpc) is 2.50. The molecule has 0 unspecified atom stereocenters. The summed E-state index contributed by atoms with van der Waals surface area (Å²) in [5.41, 5.74) is 2.93. The van der Waals surface area contributed by atoms with E-state index in [2.05, 4.69) is 5.32 Å². The lowest BCUT2D eigenvalue weighted by Crippen LogP contribution is -2.15. The highest BCUT2D eigenvalue weighted by Gasteiger charge is 2.05. The Bertz CT molecular complexity index is 587. The van der Waals surface area contributed by atoms with Gasteiger partial charge in [0.15, 0.2) is 0 Å². The van der Waals surface area contributed by atoms with Crippen molar-refractivity contribution in [1.29, 1.82) is 0 Å². The van der Waals surface area contributed by atoms with Crippen molar-refractivity contribution in [2.45, 2.75) is 19.7 Å². The number of rotatable bonds is 7. The number of hydrogen-bond acceptors (Lipinski definition) is 3. The number of nitrogens with one attached hydrogen (secondary N) is 1. The van der Waals surface area contributed by atoms with Crippen LogP contribution < -0.4 is 10.1 Å². The van der Waals surface area contributed by atoms with E-state index in [9.17, 15) is 4.39 Å². The molecule has 0 atom stereocenters. The van der Waals surface area contributed by atoms with Gasteiger partial charge in [-0.25, -0.2) is 4.39 Å². The van der Waals surface area contributed by atoms with Crippen LogP contribution in [0.5, 0.6) is 5.75 Å². The Morgan fingerprint density at radius 2 is 1.67 bits per heavy atom. The van der Waals surface area contributed by atoms with Gasteiger partial charge in [0.2, 0.25) is 0 Å². The average molecular weight is 289 g/mol. The lowest BCUT2D eigenvalue weighted by molar-refractivity contribution is 0.184. The molecule has 21 heavy (non-hydrogen) atoms. The summed E-state index contributed by atoms with van der Waals surface area (Å²) in [4.78, 5) is 0. The Morgan fingerprint density at radius 3 is 2.33 bits per heavy atom. The molecule has 3 nitrogen and oxygen atoms in total. The normalized spacial score (nSPS) is 10.6. The van der Waals surface area contributed by atoms with E-state index in [4.69, 9.17) is 9.47 Å². The first-order valence-corrected chi connectivity index (χ1v) is 6.83. The molecule has 0 saturated carbocycles. The first kappa shape index (κ1) is 15.5. The summed E-state index contributed by atoms with van der Waals surface area (Å²) in [6, 6.07) is 13.0. The third kappa shape index (κ3) is 4.28. The van der Waals surface area contributed by atoms with E-state index < -0.39 is 0 Å². The number of halogens is 1. The topological polar surface area (TPSA) is 30.5 Å². The van der Waals surface area contributed by atoms with Crippen molar-refractivity contribution in [2.75, 3.05) is 14.2 Å². The Kier molecular flexibility index (Phi) is 5.72. The molecule has 0 aliphatic carbocycles. The third-order valence-corrected chi connectivity index (χ3v) is 3.31. The van der Waals surface area contributed by atoms with Crippen LogP contribution in [-0.2, 0) is 24.4 Å². The van der Waals surface area contributed by atoms with E-state index in [1.807, 2.05) is 24.3 Å². The molecule has 0 aromatic heterocycles. The first-order valence-electron chi connectivity index (χ1n) is 6.83. The maximum Gasteiger partial charge on any atom is 0.131 e. The van der Waals surface area contributed by atoms with Gasteiger partial charge in [-0.15, -0.1) is 0 Å². The van der Waals surface area contributed by atoms with Crippen molar-refractivity contribution in [3.63, 3.8) is 0 Å². The summed E-state index contributed by atoms with van der Waals surface area (Å²) >= 11 is 0. The Balaban J connectivity index is 1.95. The van der Waals surface area contributed by atoms with Gasteiger partial charge in [0.25, 0.3) is 0 Å². The minimum atomic E-state index is -0.257. The summed E-state index contributed by atoms with van der Waals surface area (Å²) in [7, 11) is 3.20. The zero-order chi connectivity index (χ0) is 15.1. The number of hydrogen-bond donors (Lipinski definition) is 1. The lowest BCUT2D eigenvalue weighted by atomic mass is 10.1. The van der Waals surface area contributed by atoms with Gasteiger partial charge in [0.05, 0.1) is 13.7 Å². The van der Waals surface area contributed by atoms with Crippen LogP contribution in [0.4, 0.5) is 4.39 Å². The van der Waals surface area contributed by atoms with Crippen LogP contribution in [0.3, 0.4) is 0 Å². The summed E-state index contributed by atoms with van der Waals surface area (Å²) < 4.78 is 24.0. The summed E-state index contributed by atoms with van der Waals surface area (Å²) in [5.74, 6) is 0.272. The fourth-order valence-electron chi connectivity index (χ4n) is 2.16. The molecule has 0 radical (unpaired) electrons. The van der Waals surface area contributed by atoms with Gasteiger partial charge in [-0.2, -0.15) is 0 Å². The van der Waals surface area contributed by atoms with Crippen LogP contribution in [0.25, 0.3) is 0 Å². The molecule has 0 aliphatic rings. The van der Waals surface area contributed by atoms with Gasteiger partial charge >= 0.3 is 0 Å². The molecule has 0 aliphatic heterocycles. The van der Waals surface area contributed by atoms with E-state index in [1.165, 1.54) is 13.2 Å². The molecule has 0 heterocycles. The second-order valence-electron chi connectivity index (χ2n) is 4.76. The van der Waals surface area contributed by atoms with Crippen LogP contribution in [0.15, 0.2) is 42.5 Å². The predicted octanol–water partition coefficient (Wildman–Crippen LogP) is 3.27. The van der Waals surface area contributed by atoms with Gasteiger partial charge in [-0.05, 0) is 17.2 Å². The predicted molar refractivity (Wildman–Crippen MR) is 80.7 cm³/mol. The lowest BCUT2D eigenvalue weighted by Gasteiger charge is -2.11. The molecule has 0 spiro atoms. The van der Waals surface area contributed by atoms with Crippen molar-refractivity contribution in [1.82, 2.24) is 5.32 Å². The van der Waals surface area contributed by atoms with Crippen molar-refractivity contribution >= 4 is 0 Å². The smallest absolute Gasteiger partial charge is 0.131 e. The van der Waals surface area contributed by atoms with Crippen LogP contribution in [0, 0.1) is 5.82 Å². The summed E-state index contributed by atoms with van der Waals surface area (Å²) in [5, 5.41) is 3.26. The zero-order valence-electron chi connectivity index (χ0n) is 12.4. The van der Waals surface area contributed by atoms with Crippen molar-refractivity contribution in [2.24, 2.45) is 0 Å². The third-order valence-electron chi connectivity index (χ3n) is 3.31. The standard InChI is InChI=1S/C17H20FNO2/c1-20-12-15-6-4-3-5-13(15)10-19-11-14-7-8-16(21-2)9-17(14)18/h3-9,19H,10-12H2,1-2H3. The van der Waals surface area contributed by atoms with E-state index in [0.717, 1.165) is 11.1 Å². The summed E-state index contributed by atoms with van der Waals surface area (Å²) in [6.45, 7) is 1.72. The maximum atomic E-state index is 13.8. The van der Waals surface area contributed by atoms with Crippen LogP contribution in [0.2, 0.25) is 0 Å². The molecule has 0 bridgehead atoms. The highest BCUT2D eigenvalue weighted by Crippen LogP contribution is 2.16. The van der Waals surface area contributed by atoms with Crippen molar-refractivity contribution < 1.29 is 13.9 Å². The molecule has 2 rings (SSSR count). The summed E-state index contributed by atoms with van der Waals surface area (Å²) in [6.07, 6.45) is 0. The Labute approximate surface area is 124 Å². The zero-order valence-corrected chi connectivity index (χ0v) is 12.4. The minimum absolute atomic E-state index is 0.257. The van der Waals surface area contributed by atoms with E-state index >= 15 is 0 Å². The molecule has 0 fully saturated rings. The Morgan fingerprint density at radius 1 is 0.952 bits per heavy atom. The quantitative estimate of drug-likeness (QED) is 0.848. The van der Waals surface area contributed by atoms with Gasteiger partial charge < -0.3 is 14.8 Å². The van der Waals surface area contributed by atoms with E-state index in [1.54, 1.807) is 19.2 Å². The Hall–Kier alpha value is -1.91. The number of methoxy groups -OCH3 is 2. The second kappa shape index (κ2) is 7.76. The molecule has 0 saturated heterocycles. The van der Waals surface area contributed by atoms with Crippen LogP contribution in [-0.4, -0.2) is 14.2 Å². The van der Waals surface area contributed by atoms with E-state index in [0.29, 0.717) is 31.0 Å². The second-order valence-corrected chi connectivity index (χ2v) is 4.76. The van der Waals surface area contributed by atoms with Crippen LogP contribution >= 0.6 is 0 Å². The van der Waals surface area contributed by atoms with Gasteiger partial charge in [0, 0.05) is 31.8 Å². The fraction of sp³-hybridized carbons (Fsp3) is 0.294. The highest BCUT2D eigenvalue weighted by molar-refractivity contribution is 5.29. The van der Waals surface area contributed by atoms with Gasteiger partial charge in [-0.3, -0.25) is 0 Å². The largest absolute Gasteiger partial charge is 0.497 e. The SMILES string of the molecule is COCc1ccccc1CNCc1ccc(OC)cc1F. The maximum absolute atomic E-state index is 13.8. The van der Waals surface area contributed by atoms with Crippen LogP contribution in [0.1, 0.15) is 16.7 Å². The van der Waals surface area contributed by atoms with Crippen molar-refractivity contribution in [3.8, 4) is 5.75 Å². The molecule has 2 aromatic carbocycles. The fourth-order valence-corrected chi connectivity index (χ4v) is 2.16. The molecule has 2 aromatic rings. The molecule has 1 N–H and O–H groups in total. The minimum Gasteiger partial charge on any atom is -0.497 e. The first-order chi connectivity index (χ1) is 10.2. The monoisotopic (exact) mass is 289 g/mol. The van der Waals surface area contributed by atoms with Gasteiger partial charge in [-0.1, -0.05) is 30.3 Å². The highest BCUT2D eigenvalue weighted by atomic mass is 19.1. The van der Waals surface area contributed by atoms with E-state index in [-0.39, 0.29) is 5.82 Å². The molecule has 4 heteroatoms. The number of ether oxygens (including phenoxy) is 2. The molecule has 112 valence electrons. The van der Waals surface area contributed by atoms with Gasteiger partial charge in [0.1, 0.15) is 11.6 Å².